The van der Waals surface area contributed by atoms with E-state index >= 15 is 0 Å². The molecule has 0 bridgehead atoms. The minimum absolute atomic E-state index is 0.240. The zero-order chi connectivity index (χ0) is 18.6. The van der Waals surface area contributed by atoms with Crippen molar-refractivity contribution in [2.45, 2.75) is 5.54 Å². The normalized spacial score (nSPS) is 16.1. The topological polar surface area (TPSA) is 104 Å². The zero-order valence-electron chi connectivity index (χ0n) is 13.6. The second kappa shape index (κ2) is 7.02. The van der Waals surface area contributed by atoms with Crippen molar-refractivity contribution in [3.05, 3.63) is 77.9 Å². The van der Waals surface area contributed by atoms with Gasteiger partial charge in [0.05, 0.1) is 0 Å². The summed E-state index contributed by atoms with van der Waals surface area (Å²) < 4.78 is 0. The van der Waals surface area contributed by atoms with E-state index in [-0.39, 0.29) is 5.56 Å². The highest BCUT2D eigenvalue weighted by molar-refractivity contribution is 6.24. The lowest BCUT2D eigenvalue weighted by atomic mass is 9.86. The van der Waals surface area contributed by atoms with Gasteiger partial charge in [-0.2, -0.15) is 0 Å². The Morgan fingerprint density at radius 2 is 1.38 bits per heavy atom. The fourth-order valence-electron chi connectivity index (χ4n) is 2.63. The second-order valence-electron chi connectivity index (χ2n) is 5.59. The third kappa shape index (κ3) is 3.23. The highest BCUT2D eigenvalue weighted by atomic mass is 16.2. The number of carbonyl (C=O) groups excluding carboxylic acids is 4. The summed E-state index contributed by atoms with van der Waals surface area (Å²) in [5, 5.41) is 6.50. The fraction of sp³-hybridized carbons (Fsp3) is 0.0526. The minimum Gasteiger partial charge on any atom is -0.327 e. The number of urea groups is 1. The molecule has 26 heavy (non-hydrogen) atoms. The van der Waals surface area contributed by atoms with E-state index in [1.54, 1.807) is 36.4 Å². The van der Waals surface area contributed by atoms with Crippen LogP contribution >= 0.6 is 0 Å². The molecule has 0 aromatic heterocycles. The molecule has 130 valence electrons. The van der Waals surface area contributed by atoms with E-state index < -0.39 is 29.3 Å². The van der Waals surface area contributed by atoms with Crippen molar-refractivity contribution in [3.8, 4) is 0 Å². The van der Waals surface area contributed by atoms with Crippen molar-refractivity contribution >= 4 is 29.8 Å². The Kier molecular flexibility index (Phi) is 4.62. The Morgan fingerprint density at radius 1 is 0.846 bits per heavy atom. The molecule has 0 radical (unpaired) electrons. The maximum absolute atomic E-state index is 12.5. The molecule has 1 heterocycles. The summed E-state index contributed by atoms with van der Waals surface area (Å²) in [6.07, 6.45) is 2.77. The fourth-order valence-corrected chi connectivity index (χ4v) is 2.63. The van der Waals surface area contributed by atoms with Crippen molar-refractivity contribution in [1.82, 2.24) is 16.0 Å². The average Bonchev–Trinajstić information content (AvgIpc) is 2.64. The summed E-state index contributed by atoms with van der Waals surface area (Å²) in [5.74, 6) is -2.49. The predicted molar refractivity (Wildman–Crippen MR) is 93.4 cm³/mol. The predicted octanol–water partition coefficient (Wildman–Crippen LogP) is 1.08. The van der Waals surface area contributed by atoms with Crippen molar-refractivity contribution in [1.29, 1.82) is 0 Å². The average molecular weight is 349 g/mol. The smallest absolute Gasteiger partial charge is 0.327 e. The van der Waals surface area contributed by atoms with Gasteiger partial charge in [0, 0.05) is 6.08 Å². The molecule has 2 aromatic carbocycles. The Labute approximate surface area is 149 Å². The molecule has 5 amide bonds. The quantitative estimate of drug-likeness (QED) is 0.567. The molecule has 1 saturated heterocycles. The van der Waals surface area contributed by atoms with E-state index in [9.17, 15) is 19.2 Å². The molecular formula is C19H15N3O4. The molecule has 0 unspecified atom stereocenters. The maximum atomic E-state index is 12.5. The van der Waals surface area contributed by atoms with E-state index in [1.807, 2.05) is 28.8 Å². The second-order valence-corrected chi connectivity index (χ2v) is 5.59. The number of barbiturate groups is 1. The Balaban J connectivity index is 1.93. The summed E-state index contributed by atoms with van der Waals surface area (Å²) >= 11 is 0. The summed E-state index contributed by atoms with van der Waals surface area (Å²) in [7, 11) is 0. The number of nitrogens with one attached hydrogen (secondary N) is 3. The number of hydrogen-bond donors (Lipinski definition) is 3. The van der Waals surface area contributed by atoms with Crippen LogP contribution in [0.25, 0.3) is 6.08 Å². The highest BCUT2D eigenvalue weighted by Crippen LogP contribution is 2.24. The molecule has 7 nitrogen and oxygen atoms in total. The first-order valence-electron chi connectivity index (χ1n) is 7.80. The lowest BCUT2D eigenvalue weighted by Crippen LogP contribution is -2.71. The summed E-state index contributed by atoms with van der Waals surface area (Å²) in [6, 6.07) is 16.2. The van der Waals surface area contributed by atoms with Gasteiger partial charge in [-0.25, -0.2) is 4.79 Å². The van der Waals surface area contributed by atoms with Crippen molar-refractivity contribution in [2.75, 3.05) is 0 Å². The molecule has 0 atom stereocenters. The molecule has 3 rings (SSSR count). The van der Waals surface area contributed by atoms with Gasteiger partial charge in [0.1, 0.15) is 0 Å². The molecular weight excluding hydrogens is 334 g/mol. The Hall–Kier alpha value is -3.74. The summed E-state index contributed by atoms with van der Waals surface area (Å²) in [4.78, 5) is 48.8. The van der Waals surface area contributed by atoms with E-state index in [4.69, 9.17) is 0 Å². The minimum atomic E-state index is -2.03. The SMILES string of the molecule is O=C(/C=C/c1ccccc1)NC1(c2ccccc2)C(=O)NC(=O)NC1=O. The van der Waals surface area contributed by atoms with Gasteiger partial charge in [-0.05, 0) is 17.2 Å². The number of carbonyl (C=O) groups is 4. The molecule has 2 aromatic rings. The van der Waals surface area contributed by atoms with Crippen LogP contribution < -0.4 is 16.0 Å². The van der Waals surface area contributed by atoms with E-state index in [1.165, 1.54) is 18.2 Å². The third-order valence-corrected chi connectivity index (χ3v) is 3.88. The first-order valence-corrected chi connectivity index (χ1v) is 7.80. The van der Waals surface area contributed by atoms with Gasteiger partial charge < -0.3 is 5.32 Å². The summed E-state index contributed by atoms with van der Waals surface area (Å²) in [6.45, 7) is 0. The number of benzene rings is 2. The molecule has 0 spiro atoms. The van der Waals surface area contributed by atoms with E-state index in [0.29, 0.717) is 0 Å². The molecule has 1 aliphatic heterocycles. The van der Waals surface area contributed by atoms with Gasteiger partial charge >= 0.3 is 6.03 Å². The Morgan fingerprint density at radius 3 is 1.96 bits per heavy atom. The largest absolute Gasteiger partial charge is 0.328 e. The molecule has 3 N–H and O–H groups in total. The zero-order valence-corrected chi connectivity index (χ0v) is 13.6. The van der Waals surface area contributed by atoms with Crippen LogP contribution in [0, 0.1) is 0 Å². The molecule has 1 fully saturated rings. The summed E-state index contributed by atoms with van der Waals surface area (Å²) in [5.41, 5.74) is -1.01. The van der Waals surface area contributed by atoms with Gasteiger partial charge in [-0.15, -0.1) is 0 Å². The van der Waals surface area contributed by atoms with Crippen LogP contribution in [-0.2, 0) is 19.9 Å². The Bertz CT molecular complexity index is 872. The van der Waals surface area contributed by atoms with Gasteiger partial charge in [0.2, 0.25) is 11.4 Å². The third-order valence-electron chi connectivity index (χ3n) is 3.88. The van der Waals surface area contributed by atoms with Crippen LogP contribution in [0.4, 0.5) is 4.79 Å². The maximum Gasteiger partial charge on any atom is 0.328 e. The van der Waals surface area contributed by atoms with E-state index in [2.05, 4.69) is 5.32 Å². The number of imide groups is 2. The number of hydrogen-bond acceptors (Lipinski definition) is 4. The van der Waals surface area contributed by atoms with Gasteiger partial charge in [0.25, 0.3) is 11.8 Å². The van der Waals surface area contributed by atoms with Crippen LogP contribution in [0.2, 0.25) is 0 Å². The number of rotatable bonds is 4. The molecule has 0 saturated carbocycles. The molecule has 0 aliphatic carbocycles. The van der Waals surface area contributed by atoms with Crippen molar-refractivity contribution in [3.63, 3.8) is 0 Å². The molecule has 7 heteroatoms. The van der Waals surface area contributed by atoms with Gasteiger partial charge in [-0.1, -0.05) is 60.7 Å². The first kappa shape index (κ1) is 17.1. The lowest BCUT2D eigenvalue weighted by molar-refractivity contribution is -0.143. The van der Waals surface area contributed by atoms with Crippen molar-refractivity contribution in [2.24, 2.45) is 0 Å². The van der Waals surface area contributed by atoms with Gasteiger partial charge in [0.15, 0.2) is 0 Å². The van der Waals surface area contributed by atoms with Crippen molar-refractivity contribution < 1.29 is 19.2 Å². The van der Waals surface area contributed by atoms with Crippen LogP contribution in [-0.4, -0.2) is 23.8 Å². The van der Waals surface area contributed by atoms with Crippen LogP contribution in [0.1, 0.15) is 11.1 Å². The standard InChI is InChI=1S/C19H15N3O4/c23-15(12-11-13-7-3-1-4-8-13)22-19(14-9-5-2-6-10-14)16(24)20-18(26)21-17(19)25/h1-12H,(H,22,23)(H2,20,21,24,25,26)/b12-11+. The lowest BCUT2D eigenvalue weighted by Gasteiger charge is -2.34. The number of amides is 5. The molecule has 1 aliphatic rings. The van der Waals surface area contributed by atoms with E-state index in [0.717, 1.165) is 5.56 Å². The monoisotopic (exact) mass is 349 g/mol. The van der Waals surface area contributed by atoms with Crippen LogP contribution in [0.15, 0.2) is 66.7 Å². The first-order chi connectivity index (χ1) is 12.5. The van der Waals surface area contributed by atoms with Crippen LogP contribution in [0.3, 0.4) is 0 Å². The van der Waals surface area contributed by atoms with Gasteiger partial charge in [-0.3, -0.25) is 25.0 Å². The van der Waals surface area contributed by atoms with Crippen LogP contribution in [0.5, 0.6) is 0 Å². The highest BCUT2D eigenvalue weighted by Gasteiger charge is 2.52.